The molecule has 1 fully saturated rings. The molecule has 2 amide bonds. The molecule has 10 heteroatoms. The van der Waals surface area contributed by atoms with Crippen LogP contribution in [0.25, 0.3) is 0 Å². The number of pyridine rings is 1. The van der Waals surface area contributed by atoms with Gasteiger partial charge in [-0.05, 0) is 53.6 Å². The number of hydrogen-bond donors (Lipinski definition) is 5. The van der Waals surface area contributed by atoms with Crippen molar-refractivity contribution in [3.63, 3.8) is 0 Å². The predicted molar refractivity (Wildman–Crippen MR) is 181 cm³/mol. The van der Waals surface area contributed by atoms with Gasteiger partial charge >= 0.3 is 0 Å². The number of nitrogens with one attached hydrogen (secondary N) is 2. The van der Waals surface area contributed by atoms with Gasteiger partial charge in [-0.2, -0.15) is 0 Å². The first-order valence-corrected chi connectivity index (χ1v) is 17.2. The second-order valence-electron chi connectivity index (χ2n) is 13.4. The van der Waals surface area contributed by atoms with E-state index in [4.69, 9.17) is 9.47 Å². The zero-order valence-electron chi connectivity index (χ0n) is 27.8. The molecule has 5 N–H and O–H groups in total. The van der Waals surface area contributed by atoms with Crippen LogP contribution in [0.15, 0.2) is 72.9 Å². The number of fused-ring (bicyclic) bond motifs is 1. The van der Waals surface area contributed by atoms with E-state index in [-0.39, 0.29) is 36.5 Å². The van der Waals surface area contributed by atoms with Crippen molar-refractivity contribution in [3.8, 4) is 11.5 Å². The third-order valence-corrected chi connectivity index (χ3v) is 9.62. The number of aliphatic hydroxyl groups excluding tert-OH is 3. The molecule has 5 rings (SSSR count). The van der Waals surface area contributed by atoms with Crippen LogP contribution in [0.1, 0.15) is 80.0 Å². The Bertz CT molecular complexity index is 1480. The van der Waals surface area contributed by atoms with E-state index in [1.165, 1.54) is 6.20 Å². The lowest BCUT2D eigenvalue weighted by Gasteiger charge is -2.36. The summed E-state index contributed by atoms with van der Waals surface area (Å²) in [5, 5.41) is 40.0. The number of ether oxygens (including phenoxy) is 2. The van der Waals surface area contributed by atoms with Crippen LogP contribution < -0.4 is 20.1 Å². The Morgan fingerprint density at radius 3 is 2.35 bits per heavy atom. The minimum absolute atomic E-state index is 0.0552. The first kappa shape index (κ1) is 35.3. The summed E-state index contributed by atoms with van der Waals surface area (Å²) < 4.78 is 11.6. The maximum Gasteiger partial charge on any atom is 0.274 e. The molecule has 0 bridgehead atoms. The molecule has 1 aromatic heterocycles. The lowest BCUT2D eigenvalue weighted by molar-refractivity contribution is -0.137. The fourth-order valence-electron chi connectivity index (χ4n) is 7.11. The average molecular weight is 660 g/mol. The smallest absolute Gasteiger partial charge is 0.274 e. The predicted octanol–water partition coefficient (Wildman–Crippen LogP) is 4.38. The van der Waals surface area contributed by atoms with E-state index in [0.29, 0.717) is 18.6 Å². The molecule has 2 aromatic carbocycles. The highest BCUT2D eigenvalue weighted by atomic mass is 16.5. The van der Waals surface area contributed by atoms with Crippen LogP contribution in [0.5, 0.6) is 11.5 Å². The standard InChI is InChI=1S/C38H49N3O7/c1-24(2)32(37(45)41-33-28-17-10-9-14-26(28)23-30(33)42)36(44)35(43)29(22-25-12-5-3-6-13-25)40-38(46)34-31(18-11-19-39-34)48-21-20-47-27-15-7-4-8-16-27/h4,7-11,14-19,24-25,29-30,32-33,35-36,42-44H,3,5-6,12-13,20-23H2,1-2H3,(H,40,46)(H,41,45)/t29-,30?,32+,33?,35+,36+/m0/s1. The summed E-state index contributed by atoms with van der Waals surface area (Å²) in [4.78, 5) is 31.8. The molecule has 0 spiro atoms. The maximum absolute atomic E-state index is 13.7. The van der Waals surface area contributed by atoms with Crippen LogP contribution in [0.4, 0.5) is 0 Å². The van der Waals surface area contributed by atoms with Crippen molar-refractivity contribution in [3.05, 3.63) is 89.7 Å². The summed E-state index contributed by atoms with van der Waals surface area (Å²) in [7, 11) is 0. The van der Waals surface area contributed by atoms with E-state index in [0.717, 1.165) is 43.2 Å². The number of para-hydroxylation sites is 1. The van der Waals surface area contributed by atoms with Crippen molar-refractivity contribution in [2.45, 2.75) is 89.2 Å². The Morgan fingerprint density at radius 2 is 1.60 bits per heavy atom. The fraction of sp³-hybridized carbons (Fsp3) is 0.500. The molecule has 3 aromatic rings. The molecule has 2 unspecified atom stereocenters. The van der Waals surface area contributed by atoms with Crippen LogP contribution in [0, 0.1) is 17.8 Å². The molecule has 0 aliphatic heterocycles. The molecule has 1 heterocycles. The highest BCUT2D eigenvalue weighted by Gasteiger charge is 2.42. The molecular weight excluding hydrogens is 610 g/mol. The summed E-state index contributed by atoms with van der Waals surface area (Å²) in [6.07, 6.45) is 3.84. The van der Waals surface area contributed by atoms with Crippen molar-refractivity contribution in [1.29, 1.82) is 0 Å². The van der Waals surface area contributed by atoms with Crippen molar-refractivity contribution < 1.29 is 34.4 Å². The summed E-state index contributed by atoms with van der Waals surface area (Å²) >= 11 is 0. The minimum atomic E-state index is -1.48. The summed E-state index contributed by atoms with van der Waals surface area (Å²) in [5.74, 6) is -1.12. The van der Waals surface area contributed by atoms with Crippen LogP contribution in [0.2, 0.25) is 0 Å². The number of aromatic nitrogens is 1. The van der Waals surface area contributed by atoms with Crippen LogP contribution in [0.3, 0.4) is 0 Å². The van der Waals surface area contributed by atoms with E-state index >= 15 is 0 Å². The summed E-state index contributed by atoms with van der Waals surface area (Å²) in [5.41, 5.74) is 1.87. The molecule has 1 saturated carbocycles. The third-order valence-electron chi connectivity index (χ3n) is 9.62. The highest BCUT2D eigenvalue weighted by molar-refractivity contribution is 5.95. The first-order chi connectivity index (χ1) is 23.2. The largest absolute Gasteiger partial charge is 0.490 e. The number of hydrogen-bond acceptors (Lipinski definition) is 8. The number of benzene rings is 2. The van der Waals surface area contributed by atoms with Crippen molar-refractivity contribution in [2.75, 3.05) is 13.2 Å². The van der Waals surface area contributed by atoms with Gasteiger partial charge in [0.15, 0.2) is 11.4 Å². The van der Waals surface area contributed by atoms with Gasteiger partial charge in [-0.1, -0.05) is 88.4 Å². The van der Waals surface area contributed by atoms with Gasteiger partial charge in [0.2, 0.25) is 5.91 Å². The normalized spacial score (nSPS) is 20.3. The topological polar surface area (TPSA) is 150 Å². The number of aliphatic hydroxyl groups is 3. The van der Waals surface area contributed by atoms with Crippen LogP contribution in [-0.2, 0) is 11.2 Å². The molecule has 2 aliphatic carbocycles. The number of carbonyl (C=O) groups is 2. The van der Waals surface area contributed by atoms with Gasteiger partial charge < -0.3 is 35.4 Å². The van der Waals surface area contributed by atoms with E-state index in [1.807, 2.05) is 68.4 Å². The Balaban J connectivity index is 1.29. The van der Waals surface area contributed by atoms with Crippen LogP contribution in [-0.4, -0.2) is 69.7 Å². The van der Waals surface area contributed by atoms with E-state index in [2.05, 4.69) is 15.6 Å². The number of nitrogens with zero attached hydrogens (tertiary/aromatic N) is 1. The van der Waals surface area contributed by atoms with Gasteiger partial charge in [0, 0.05) is 12.6 Å². The Hall–Kier alpha value is -3.99. The molecule has 258 valence electrons. The number of carbonyl (C=O) groups excluding carboxylic acids is 2. The van der Waals surface area contributed by atoms with E-state index in [1.54, 1.807) is 12.1 Å². The van der Waals surface area contributed by atoms with Gasteiger partial charge in [0.25, 0.3) is 5.91 Å². The molecule has 0 saturated heterocycles. The number of amides is 2. The minimum Gasteiger partial charge on any atom is -0.490 e. The summed E-state index contributed by atoms with van der Waals surface area (Å²) in [6, 6.07) is 18.8. The maximum atomic E-state index is 13.7. The van der Waals surface area contributed by atoms with Gasteiger partial charge in [-0.25, -0.2) is 4.98 Å². The molecular formula is C38H49N3O7. The third kappa shape index (κ3) is 8.92. The first-order valence-electron chi connectivity index (χ1n) is 17.2. The monoisotopic (exact) mass is 659 g/mol. The average Bonchev–Trinajstić information content (AvgIpc) is 3.41. The van der Waals surface area contributed by atoms with E-state index in [9.17, 15) is 24.9 Å². The molecule has 48 heavy (non-hydrogen) atoms. The van der Waals surface area contributed by atoms with Gasteiger partial charge in [-0.3, -0.25) is 9.59 Å². The quantitative estimate of drug-likeness (QED) is 0.151. The van der Waals surface area contributed by atoms with E-state index < -0.39 is 48.1 Å². The summed E-state index contributed by atoms with van der Waals surface area (Å²) in [6.45, 7) is 4.07. The van der Waals surface area contributed by atoms with Gasteiger partial charge in [-0.15, -0.1) is 0 Å². The second kappa shape index (κ2) is 16.9. The highest BCUT2D eigenvalue weighted by Crippen LogP contribution is 2.33. The SMILES string of the molecule is CC(C)[C@@H](C(=O)NC1c2ccccc2CC1O)[C@@H](O)[C@H](O)[C@H](CC1CCCCC1)NC(=O)c1ncccc1OCCOc1ccccc1. The Labute approximate surface area is 282 Å². The zero-order valence-corrected chi connectivity index (χ0v) is 27.8. The van der Waals surface area contributed by atoms with Gasteiger partial charge in [0.1, 0.15) is 25.1 Å². The molecule has 6 atom stereocenters. The second-order valence-corrected chi connectivity index (χ2v) is 13.4. The van der Waals surface area contributed by atoms with Crippen LogP contribution >= 0.6 is 0 Å². The molecule has 2 aliphatic rings. The fourth-order valence-corrected chi connectivity index (χ4v) is 7.11. The lowest BCUT2D eigenvalue weighted by atomic mass is 9.79. The van der Waals surface area contributed by atoms with Gasteiger partial charge in [0.05, 0.1) is 30.2 Å². The van der Waals surface area contributed by atoms with Crippen molar-refractivity contribution in [2.24, 2.45) is 17.8 Å². The molecule has 0 radical (unpaired) electrons. The molecule has 10 nitrogen and oxygen atoms in total. The Kier molecular flexibility index (Phi) is 12.4. The zero-order chi connectivity index (χ0) is 34.0. The Morgan fingerprint density at radius 1 is 0.896 bits per heavy atom. The van der Waals surface area contributed by atoms with Crippen molar-refractivity contribution in [1.82, 2.24) is 15.6 Å². The number of rotatable bonds is 15. The van der Waals surface area contributed by atoms with Crippen molar-refractivity contribution >= 4 is 11.8 Å². The lowest BCUT2D eigenvalue weighted by Crippen LogP contribution is -2.55.